The summed E-state index contributed by atoms with van der Waals surface area (Å²) in [6.07, 6.45) is 2.72. The van der Waals surface area contributed by atoms with Crippen molar-refractivity contribution < 1.29 is 9.26 Å². The molecule has 0 saturated heterocycles. The summed E-state index contributed by atoms with van der Waals surface area (Å²) in [6, 6.07) is 7.90. The molecule has 0 aliphatic carbocycles. The Bertz CT molecular complexity index is 582. The maximum Gasteiger partial charge on any atom is 0.243 e. The van der Waals surface area contributed by atoms with Gasteiger partial charge in [0.05, 0.1) is 18.6 Å². The molecule has 1 aromatic heterocycles. The molecule has 1 aliphatic heterocycles. The van der Waals surface area contributed by atoms with Gasteiger partial charge in [0, 0.05) is 0 Å². The van der Waals surface area contributed by atoms with Crippen molar-refractivity contribution in [3.8, 4) is 5.75 Å². The van der Waals surface area contributed by atoms with E-state index in [9.17, 15) is 0 Å². The predicted molar refractivity (Wildman–Crippen MR) is 74.5 cm³/mol. The van der Waals surface area contributed by atoms with Gasteiger partial charge in [-0.1, -0.05) is 36.7 Å². The smallest absolute Gasteiger partial charge is 0.243 e. The van der Waals surface area contributed by atoms with E-state index in [2.05, 4.69) is 23.1 Å². The van der Waals surface area contributed by atoms with E-state index in [-0.39, 0.29) is 12.0 Å². The lowest BCUT2D eigenvalue weighted by molar-refractivity contribution is 0.253. The van der Waals surface area contributed by atoms with Crippen molar-refractivity contribution in [1.29, 1.82) is 0 Å². The lowest BCUT2D eigenvalue weighted by Crippen LogP contribution is -2.20. The Hall–Kier alpha value is -1.88. The Morgan fingerprint density at radius 2 is 2.25 bits per heavy atom. The molecule has 5 nitrogen and oxygen atoms in total. The summed E-state index contributed by atoms with van der Waals surface area (Å²) in [6.45, 7) is 2.67. The Labute approximate surface area is 118 Å². The Morgan fingerprint density at radius 1 is 1.40 bits per heavy atom. The van der Waals surface area contributed by atoms with Crippen LogP contribution in [0, 0.1) is 0 Å². The summed E-state index contributed by atoms with van der Waals surface area (Å²) in [4.78, 5) is 4.44. The molecule has 3 rings (SSSR count). The van der Waals surface area contributed by atoms with Crippen LogP contribution in [0.2, 0.25) is 0 Å². The molecule has 1 aliphatic rings. The van der Waals surface area contributed by atoms with E-state index in [1.807, 2.05) is 18.2 Å². The highest BCUT2D eigenvalue weighted by atomic mass is 16.5. The summed E-state index contributed by atoms with van der Waals surface area (Å²) in [5.74, 6) is 2.31. The third-order valence-electron chi connectivity index (χ3n) is 3.62. The van der Waals surface area contributed by atoms with E-state index in [1.54, 1.807) is 0 Å². The molecule has 0 amide bonds. The van der Waals surface area contributed by atoms with Gasteiger partial charge in [-0.3, -0.25) is 0 Å². The number of para-hydroxylation sites is 1. The molecule has 0 fully saturated rings. The average molecular weight is 273 g/mol. The molecule has 1 aromatic carbocycles. The molecule has 0 radical (unpaired) electrons. The molecule has 0 bridgehead atoms. The molecule has 2 atom stereocenters. The van der Waals surface area contributed by atoms with Crippen LogP contribution in [-0.2, 0) is 6.42 Å². The zero-order chi connectivity index (χ0) is 13.9. The van der Waals surface area contributed by atoms with Gasteiger partial charge in [-0.25, -0.2) is 0 Å². The van der Waals surface area contributed by atoms with Crippen molar-refractivity contribution in [2.24, 2.45) is 5.73 Å². The maximum atomic E-state index is 6.00. The second kappa shape index (κ2) is 5.63. The van der Waals surface area contributed by atoms with E-state index >= 15 is 0 Å². The largest absolute Gasteiger partial charge is 0.493 e. The molecule has 0 spiro atoms. The number of nitrogens with two attached hydrogens (primary N) is 1. The molecular weight excluding hydrogens is 254 g/mol. The molecule has 2 N–H and O–H groups in total. The van der Waals surface area contributed by atoms with Crippen molar-refractivity contribution in [2.45, 2.75) is 38.1 Å². The van der Waals surface area contributed by atoms with E-state index in [4.69, 9.17) is 15.0 Å². The standard InChI is InChI=1S/C15H19N3O2/c1-2-5-12(16)15-17-14(18-20-15)11-8-10-6-3-4-7-13(10)19-9-11/h3-4,6-7,11-12H,2,5,8-9,16H2,1H3/t11?,12-/m0/s1. The van der Waals surface area contributed by atoms with E-state index in [0.29, 0.717) is 18.3 Å². The number of nitrogens with zero attached hydrogens (tertiary/aromatic N) is 2. The minimum absolute atomic E-state index is 0.135. The van der Waals surface area contributed by atoms with Gasteiger partial charge in [0.1, 0.15) is 5.75 Å². The SMILES string of the molecule is CCC[C@H](N)c1nc(C2COc3ccccc3C2)no1. The van der Waals surface area contributed by atoms with Crippen molar-refractivity contribution in [3.63, 3.8) is 0 Å². The number of ether oxygens (including phenoxy) is 1. The Morgan fingerprint density at radius 3 is 3.10 bits per heavy atom. The highest BCUT2D eigenvalue weighted by molar-refractivity contribution is 5.36. The van der Waals surface area contributed by atoms with Gasteiger partial charge in [0.15, 0.2) is 5.82 Å². The zero-order valence-electron chi connectivity index (χ0n) is 11.6. The second-order valence-electron chi connectivity index (χ2n) is 5.21. The number of hydrogen-bond donors (Lipinski definition) is 1. The quantitative estimate of drug-likeness (QED) is 0.926. The number of hydrogen-bond acceptors (Lipinski definition) is 5. The predicted octanol–water partition coefficient (Wildman–Crippen LogP) is 2.59. The van der Waals surface area contributed by atoms with Crippen LogP contribution in [0.4, 0.5) is 0 Å². The maximum absolute atomic E-state index is 6.00. The monoisotopic (exact) mass is 273 g/mol. The highest BCUT2D eigenvalue weighted by Gasteiger charge is 2.26. The molecule has 1 unspecified atom stereocenters. The first-order chi connectivity index (χ1) is 9.78. The van der Waals surface area contributed by atoms with Gasteiger partial charge >= 0.3 is 0 Å². The van der Waals surface area contributed by atoms with Gasteiger partial charge in [-0.05, 0) is 24.5 Å². The van der Waals surface area contributed by atoms with Crippen LogP contribution in [0.25, 0.3) is 0 Å². The van der Waals surface area contributed by atoms with Gasteiger partial charge in [0.25, 0.3) is 0 Å². The summed E-state index contributed by atoms with van der Waals surface area (Å²) >= 11 is 0. The van der Waals surface area contributed by atoms with Crippen LogP contribution in [0.5, 0.6) is 5.75 Å². The summed E-state index contributed by atoms with van der Waals surface area (Å²) < 4.78 is 11.0. The van der Waals surface area contributed by atoms with Crippen molar-refractivity contribution >= 4 is 0 Å². The van der Waals surface area contributed by atoms with Crippen molar-refractivity contribution in [3.05, 3.63) is 41.5 Å². The third-order valence-corrected chi connectivity index (χ3v) is 3.62. The van der Waals surface area contributed by atoms with E-state index in [0.717, 1.165) is 25.0 Å². The van der Waals surface area contributed by atoms with Gasteiger partial charge in [0.2, 0.25) is 5.89 Å². The van der Waals surface area contributed by atoms with Gasteiger partial charge in [-0.15, -0.1) is 0 Å². The fourth-order valence-electron chi connectivity index (χ4n) is 2.49. The lowest BCUT2D eigenvalue weighted by atomic mass is 9.96. The Balaban J connectivity index is 1.75. The summed E-state index contributed by atoms with van der Waals surface area (Å²) in [5, 5.41) is 4.07. The lowest BCUT2D eigenvalue weighted by Gasteiger charge is -2.22. The van der Waals surface area contributed by atoms with Crippen LogP contribution in [0.15, 0.2) is 28.8 Å². The Kier molecular flexibility index (Phi) is 3.69. The van der Waals surface area contributed by atoms with Crippen molar-refractivity contribution in [1.82, 2.24) is 10.1 Å². The minimum atomic E-state index is -0.168. The van der Waals surface area contributed by atoms with Gasteiger partial charge in [-0.2, -0.15) is 4.98 Å². The third kappa shape index (κ3) is 2.54. The van der Waals surface area contributed by atoms with Crippen LogP contribution in [-0.4, -0.2) is 16.7 Å². The first-order valence-corrected chi connectivity index (χ1v) is 7.07. The molecule has 106 valence electrons. The minimum Gasteiger partial charge on any atom is -0.493 e. The molecule has 5 heteroatoms. The fraction of sp³-hybridized carbons (Fsp3) is 0.467. The first-order valence-electron chi connectivity index (χ1n) is 7.07. The average Bonchev–Trinajstić information content (AvgIpc) is 2.97. The van der Waals surface area contributed by atoms with Gasteiger partial charge < -0.3 is 15.0 Å². The summed E-state index contributed by atoms with van der Waals surface area (Å²) in [7, 11) is 0. The molecule has 2 heterocycles. The van der Waals surface area contributed by atoms with Crippen LogP contribution >= 0.6 is 0 Å². The van der Waals surface area contributed by atoms with E-state index in [1.165, 1.54) is 5.56 Å². The molecule has 20 heavy (non-hydrogen) atoms. The van der Waals surface area contributed by atoms with Crippen LogP contribution in [0.1, 0.15) is 49.0 Å². The zero-order valence-corrected chi connectivity index (χ0v) is 11.6. The molecule has 2 aromatic rings. The van der Waals surface area contributed by atoms with Crippen molar-refractivity contribution in [2.75, 3.05) is 6.61 Å². The summed E-state index contributed by atoms with van der Waals surface area (Å²) in [5.41, 5.74) is 7.19. The number of rotatable bonds is 4. The second-order valence-corrected chi connectivity index (χ2v) is 5.21. The highest BCUT2D eigenvalue weighted by Crippen LogP contribution is 2.31. The fourth-order valence-corrected chi connectivity index (χ4v) is 2.49. The van der Waals surface area contributed by atoms with Crippen LogP contribution < -0.4 is 10.5 Å². The number of fused-ring (bicyclic) bond motifs is 1. The first kappa shape index (κ1) is 13.1. The number of benzene rings is 1. The molecule has 0 saturated carbocycles. The topological polar surface area (TPSA) is 74.2 Å². The number of aromatic nitrogens is 2. The molecular formula is C15H19N3O2. The van der Waals surface area contributed by atoms with E-state index < -0.39 is 0 Å². The normalized spacial score (nSPS) is 19.2. The van der Waals surface area contributed by atoms with Crippen LogP contribution in [0.3, 0.4) is 0 Å².